The van der Waals surface area contributed by atoms with Crippen molar-refractivity contribution in [3.63, 3.8) is 0 Å². The fraction of sp³-hybridized carbons (Fsp3) is 0.385. The minimum atomic E-state index is -0.624. The van der Waals surface area contributed by atoms with Crippen LogP contribution in [-0.4, -0.2) is 36.1 Å². The lowest BCUT2D eigenvalue weighted by molar-refractivity contribution is -0.126. The fourth-order valence-corrected chi connectivity index (χ4v) is 1.29. The highest BCUT2D eigenvalue weighted by Gasteiger charge is 2.14. The van der Waals surface area contributed by atoms with E-state index < -0.39 is 6.10 Å². The molecule has 1 unspecified atom stereocenters. The molecule has 0 radical (unpaired) electrons. The number of ketones is 1. The topological polar surface area (TPSA) is 71.9 Å². The molecular weight excluding hydrogens is 232 g/mol. The van der Waals surface area contributed by atoms with Crippen molar-refractivity contribution in [3.05, 3.63) is 41.4 Å². The molecule has 0 aromatic heterocycles. The zero-order valence-electron chi connectivity index (χ0n) is 10.3. The van der Waals surface area contributed by atoms with Crippen molar-refractivity contribution in [2.45, 2.75) is 19.6 Å². The highest BCUT2D eigenvalue weighted by molar-refractivity contribution is 6.27. The van der Waals surface area contributed by atoms with E-state index in [0.717, 1.165) is 11.8 Å². The van der Waals surface area contributed by atoms with E-state index in [-0.39, 0.29) is 5.78 Å². The maximum Gasteiger partial charge on any atom is 0.325 e. The maximum absolute atomic E-state index is 11.2. The molecule has 0 fully saturated rings. The third-order valence-corrected chi connectivity index (χ3v) is 2.29. The SMILES string of the molecule is CC(OCCOCc1ccccc1)C(=O)C=[N+]=[N-]. The molecule has 0 heterocycles. The van der Waals surface area contributed by atoms with Gasteiger partial charge >= 0.3 is 6.21 Å². The number of nitrogens with zero attached hydrogens (tertiary/aromatic N) is 2. The number of Topliss-reactive ketones (excluding diaryl/α,β-unsaturated/α-hetero) is 1. The summed E-state index contributed by atoms with van der Waals surface area (Å²) in [5.41, 5.74) is 9.28. The first-order chi connectivity index (χ1) is 8.74. The lowest BCUT2D eigenvalue weighted by Crippen LogP contribution is -2.23. The summed E-state index contributed by atoms with van der Waals surface area (Å²) in [4.78, 5) is 13.8. The molecule has 0 amide bonds. The van der Waals surface area contributed by atoms with Crippen LogP contribution in [0.4, 0.5) is 0 Å². The van der Waals surface area contributed by atoms with Gasteiger partial charge in [-0.1, -0.05) is 30.3 Å². The van der Waals surface area contributed by atoms with Crippen molar-refractivity contribution in [2.24, 2.45) is 0 Å². The highest BCUT2D eigenvalue weighted by atomic mass is 16.5. The van der Waals surface area contributed by atoms with Crippen LogP contribution in [0, 0.1) is 0 Å². The van der Waals surface area contributed by atoms with E-state index in [4.69, 9.17) is 15.0 Å². The second kappa shape index (κ2) is 8.31. The normalized spacial score (nSPS) is 11.6. The first-order valence-corrected chi connectivity index (χ1v) is 5.68. The number of ether oxygens (including phenoxy) is 2. The summed E-state index contributed by atoms with van der Waals surface area (Å²) in [7, 11) is 0. The lowest BCUT2D eigenvalue weighted by atomic mass is 10.2. The van der Waals surface area contributed by atoms with Crippen molar-refractivity contribution in [3.8, 4) is 0 Å². The first-order valence-electron chi connectivity index (χ1n) is 5.68. The Morgan fingerprint density at radius 3 is 2.78 bits per heavy atom. The smallest absolute Gasteiger partial charge is 0.325 e. The van der Waals surface area contributed by atoms with Crippen molar-refractivity contribution in [1.29, 1.82) is 0 Å². The number of benzene rings is 1. The van der Waals surface area contributed by atoms with Gasteiger partial charge in [0, 0.05) is 0 Å². The van der Waals surface area contributed by atoms with Gasteiger partial charge in [0.05, 0.1) is 19.8 Å². The molecule has 0 aliphatic heterocycles. The van der Waals surface area contributed by atoms with Crippen LogP contribution in [0.3, 0.4) is 0 Å². The van der Waals surface area contributed by atoms with E-state index in [9.17, 15) is 4.79 Å². The molecule has 0 aliphatic carbocycles. The van der Waals surface area contributed by atoms with Gasteiger partial charge in [-0.15, -0.1) is 0 Å². The Morgan fingerprint density at radius 2 is 2.11 bits per heavy atom. The van der Waals surface area contributed by atoms with Crippen molar-refractivity contribution in [1.82, 2.24) is 0 Å². The molecule has 0 spiro atoms. The standard InChI is InChI=1S/C13H16N2O3/c1-11(13(16)9-15-14)18-8-7-17-10-12-5-3-2-4-6-12/h2-6,9,11H,7-8,10H2,1H3. The number of carbonyl (C=O) groups is 1. The summed E-state index contributed by atoms with van der Waals surface area (Å²) in [5, 5.41) is 0. The summed E-state index contributed by atoms with van der Waals surface area (Å²) in [6.07, 6.45) is 0.205. The molecule has 18 heavy (non-hydrogen) atoms. The fourth-order valence-electron chi connectivity index (χ4n) is 1.29. The van der Waals surface area contributed by atoms with E-state index in [2.05, 4.69) is 4.79 Å². The van der Waals surface area contributed by atoms with Crippen molar-refractivity contribution >= 4 is 12.0 Å². The number of carbonyl (C=O) groups excluding carboxylic acids is 1. The first kappa shape index (κ1) is 14.3. The molecule has 96 valence electrons. The predicted molar refractivity (Wildman–Crippen MR) is 66.2 cm³/mol. The summed E-state index contributed by atoms with van der Waals surface area (Å²) in [6.45, 7) is 2.84. The second-order valence-corrected chi connectivity index (χ2v) is 3.70. The van der Waals surface area contributed by atoms with Crippen LogP contribution >= 0.6 is 0 Å². The van der Waals surface area contributed by atoms with E-state index >= 15 is 0 Å². The number of hydrogen-bond donors (Lipinski definition) is 0. The van der Waals surface area contributed by atoms with Crippen molar-refractivity contribution < 1.29 is 19.1 Å². The molecular formula is C13H16N2O3. The molecule has 5 heteroatoms. The van der Waals surface area contributed by atoms with Crippen molar-refractivity contribution in [2.75, 3.05) is 13.2 Å². The third-order valence-electron chi connectivity index (χ3n) is 2.29. The second-order valence-electron chi connectivity index (χ2n) is 3.70. The summed E-state index contributed by atoms with van der Waals surface area (Å²) < 4.78 is 10.6. The zero-order chi connectivity index (χ0) is 13.2. The van der Waals surface area contributed by atoms with Gasteiger partial charge in [0.2, 0.25) is 0 Å². The largest absolute Gasteiger partial charge is 0.374 e. The molecule has 0 bridgehead atoms. The predicted octanol–water partition coefficient (Wildman–Crippen LogP) is 1.48. The summed E-state index contributed by atoms with van der Waals surface area (Å²) in [6, 6.07) is 9.80. The van der Waals surface area contributed by atoms with Gasteiger partial charge in [-0.2, -0.15) is 4.79 Å². The molecule has 1 atom stereocenters. The quantitative estimate of drug-likeness (QED) is 0.303. The van der Waals surface area contributed by atoms with E-state index in [1.54, 1.807) is 6.92 Å². The van der Waals surface area contributed by atoms with Gasteiger partial charge in [-0.3, -0.25) is 4.79 Å². The summed E-state index contributed by atoms with van der Waals surface area (Å²) in [5.74, 6) is -0.374. The Labute approximate surface area is 106 Å². The average molecular weight is 248 g/mol. The van der Waals surface area contributed by atoms with Crippen LogP contribution in [0.15, 0.2) is 30.3 Å². The summed E-state index contributed by atoms with van der Waals surface area (Å²) >= 11 is 0. The Balaban J connectivity index is 2.12. The molecule has 0 N–H and O–H groups in total. The zero-order valence-corrected chi connectivity index (χ0v) is 10.3. The molecule has 1 aromatic rings. The molecule has 5 nitrogen and oxygen atoms in total. The Bertz CT molecular complexity index is 414. The van der Waals surface area contributed by atoms with E-state index in [1.807, 2.05) is 30.3 Å². The number of rotatable bonds is 8. The minimum Gasteiger partial charge on any atom is -0.374 e. The Kier molecular flexibility index (Phi) is 6.58. The lowest BCUT2D eigenvalue weighted by Gasteiger charge is -2.08. The van der Waals surface area contributed by atoms with Crippen LogP contribution in [0.25, 0.3) is 5.53 Å². The molecule has 0 saturated heterocycles. The number of hydrogen-bond acceptors (Lipinski definition) is 3. The van der Waals surface area contributed by atoms with E-state index in [0.29, 0.717) is 19.8 Å². The highest BCUT2D eigenvalue weighted by Crippen LogP contribution is 2.00. The molecule has 1 aromatic carbocycles. The van der Waals surface area contributed by atoms with Crippen LogP contribution in [-0.2, 0) is 20.9 Å². The van der Waals surface area contributed by atoms with Crippen LogP contribution in [0.2, 0.25) is 0 Å². The maximum atomic E-state index is 11.2. The van der Waals surface area contributed by atoms with Crippen LogP contribution < -0.4 is 0 Å². The monoisotopic (exact) mass is 248 g/mol. The van der Waals surface area contributed by atoms with Gasteiger partial charge in [0.15, 0.2) is 0 Å². The Hall–Kier alpha value is -1.81. The molecule has 0 aliphatic rings. The Morgan fingerprint density at radius 1 is 1.39 bits per heavy atom. The van der Waals surface area contributed by atoms with Gasteiger partial charge in [0.25, 0.3) is 5.78 Å². The molecule has 1 rings (SSSR count). The van der Waals surface area contributed by atoms with Gasteiger partial charge in [-0.25, -0.2) is 0 Å². The van der Waals surface area contributed by atoms with Gasteiger partial charge in [0.1, 0.15) is 6.10 Å². The third kappa shape index (κ3) is 5.50. The van der Waals surface area contributed by atoms with Crippen LogP contribution in [0.5, 0.6) is 0 Å². The van der Waals surface area contributed by atoms with Gasteiger partial charge < -0.3 is 15.0 Å². The average Bonchev–Trinajstić information content (AvgIpc) is 2.39. The van der Waals surface area contributed by atoms with E-state index in [1.165, 1.54) is 0 Å². The minimum absolute atomic E-state index is 0.318. The van der Waals surface area contributed by atoms with Gasteiger partial charge in [-0.05, 0) is 12.5 Å². The van der Waals surface area contributed by atoms with Crippen LogP contribution in [0.1, 0.15) is 12.5 Å². The molecule has 0 saturated carbocycles.